The second-order valence-corrected chi connectivity index (χ2v) is 6.54. The van der Waals surface area contributed by atoms with Gasteiger partial charge in [-0.15, -0.1) is 0 Å². The molecule has 0 aromatic carbocycles. The topological polar surface area (TPSA) is 59.5 Å². The molecule has 1 unspecified atom stereocenters. The lowest BCUT2D eigenvalue weighted by Crippen LogP contribution is -2.38. The minimum absolute atomic E-state index is 0.106. The first-order valence-electron chi connectivity index (χ1n) is 7.97. The summed E-state index contributed by atoms with van der Waals surface area (Å²) < 4.78 is 5.52. The number of aromatic nitrogens is 1. The maximum absolute atomic E-state index is 12.7. The molecule has 1 amide bonds. The van der Waals surface area contributed by atoms with Crippen molar-refractivity contribution in [2.75, 3.05) is 20.2 Å². The van der Waals surface area contributed by atoms with Gasteiger partial charge in [0.2, 0.25) is 0 Å². The predicted octanol–water partition coefficient (Wildman–Crippen LogP) is 3.68. The largest absolute Gasteiger partial charge is 0.469 e. The number of nitrogens with zero attached hydrogens (tertiary/aromatic N) is 2. The third-order valence-electron chi connectivity index (χ3n) is 3.62. The average Bonchev–Trinajstić information content (AvgIpc) is 2.56. The molecule has 1 rings (SSSR count). The first-order valence-corrected chi connectivity index (χ1v) is 8.76. The normalized spacial score (nSPS) is 11.8. The summed E-state index contributed by atoms with van der Waals surface area (Å²) in [5, 5.41) is 0. The molecule has 128 valence electrons. The Labute approximate surface area is 146 Å². The molecule has 23 heavy (non-hydrogen) atoms. The van der Waals surface area contributed by atoms with Crippen molar-refractivity contribution < 1.29 is 14.3 Å². The molecule has 0 N–H and O–H groups in total. The summed E-state index contributed by atoms with van der Waals surface area (Å²) in [5.74, 6) is -0.759. The molecule has 0 aliphatic rings. The summed E-state index contributed by atoms with van der Waals surface area (Å²) in [6.07, 6.45) is 7.47. The highest BCUT2D eigenvalue weighted by Gasteiger charge is 2.22. The number of carbonyl (C=O) groups is 2. The Hall–Kier alpha value is -1.43. The van der Waals surface area contributed by atoms with E-state index in [4.69, 9.17) is 4.74 Å². The van der Waals surface area contributed by atoms with Gasteiger partial charge >= 0.3 is 5.97 Å². The van der Waals surface area contributed by atoms with Crippen LogP contribution in [-0.4, -0.2) is 42.0 Å². The summed E-state index contributed by atoms with van der Waals surface area (Å²) in [6.45, 7) is 4.91. The SMILES string of the molecule is CCCCCCN(CC(C)C(=O)OC)C(=O)c1cncc(Br)c1. The molecule has 1 heterocycles. The lowest BCUT2D eigenvalue weighted by molar-refractivity contribution is -0.145. The van der Waals surface area contributed by atoms with Gasteiger partial charge in [-0.2, -0.15) is 0 Å². The minimum atomic E-state index is -0.352. The molecule has 0 aliphatic heterocycles. The molecular formula is C17H25BrN2O3. The molecule has 1 aromatic rings. The second-order valence-electron chi connectivity index (χ2n) is 5.63. The van der Waals surface area contributed by atoms with Crippen LogP contribution >= 0.6 is 15.9 Å². The van der Waals surface area contributed by atoms with E-state index >= 15 is 0 Å². The summed E-state index contributed by atoms with van der Waals surface area (Å²) >= 11 is 3.33. The average molecular weight is 385 g/mol. The van der Waals surface area contributed by atoms with Gasteiger partial charge in [0.15, 0.2) is 0 Å². The van der Waals surface area contributed by atoms with Crippen LogP contribution in [0.3, 0.4) is 0 Å². The summed E-state index contributed by atoms with van der Waals surface area (Å²) in [7, 11) is 1.37. The highest BCUT2D eigenvalue weighted by Crippen LogP contribution is 2.14. The van der Waals surface area contributed by atoms with Gasteiger partial charge in [-0.3, -0.25) is 14.6 Å². The van der Waals surface area contributed by atoms with Crippen LogP contribution in [0, 0.1) is 5.92 Å². The molecule has 1 atom stereocenters. The molecule has 0 saturated carbocycles. The van der Waals surface area contributed by atoms with Crippen LogP contribution in [0.4, 0.5) is 0 Å². The Morgan fingerprint density at radius 2 is 2.04 bits per heavy atom. The molecular weight excluding hydrogens is 360 g/mol. The van der Waals surface area contributed by atoms with Gasteiger partial charge in [-0.25, -0.2) is 0 Å². The van der Waals surface area contributed by atoms with E-state index in [9.17, 15) is 9.59 Å². The van der Waals surface area contributed by atoms with E-state index in [-0.39, 0.29) is 17.8 Å². The fourth-order valence-electron chi connectivity index (χ4n) is 2.32. The smallest absolute Gasteiger partial charge is 0.310 e. The molecule has 0 saturated heterocycles. The van der Waals surface area contributed by atoms with Crippen LogP contribution < -0.4 is 0 Å². The van der Waals surface area contributed by atoms with Gasteiger partial charge in [0.05, 0.1) is 18.6 Å². The number of carbonyl (C=O) groups excluding carboxylic acids is 2. The van der Waals surface area contributed by atoms with Crippen molar-refractivity contribution in [3.05, 3.63) is 28.5 Å². The van der Waals surface area contributed by atoms with E-state index in [2.05, 4.69) is 27.8 Å². The highest BCUT2D eigenvalue weighted by atomic mass is 79.9. The quantitative estimate of drug-likeness (QED) is 0.481. The first-order chi connectivity index (χ1) is 11.0. The van der Waals surface area contributed by atoms with Crippen molar-refractivity contribution in [3.8, 4) is 0 Å². The third kappa shape index (κ3) is 6.69. The van der Waals surface area contributed by atoms with Crippen molar-refractivity contribution in [1.29, 1.82) is 0 Å². The molecule has 0 bridgehead atoms. The Morgan fingerprint density at radius 3 is 2.65 bits per heavy atom. The zero-order valence-electron chi connectivity index (χ0n) is 14.0. The number of methoxy groups -OCH3 is 1. The summed E-state index contributed by atoms with van der Waals surface area (Å²) in [6, 6.07) is 1.75. The Balaban J connectivity index is 2.80. The number of halogens is 1. The van der Waals surface area contributed by atoms with Crippen LogP contribution in [0.25, 0.3) is 0 Å². The number of esters is 1. The molecule has 0 fully saturated rings. The molecule has 6 heteroatoms. The standard InChI is InChI=1S/C17H25BrN2O3/c1-4-5-6-7-8-20(12-13(2)17(22)23-3)16(21)14-9-15(18)11-19-10-14/h9-11,13H,4-8,12H2,1-3H3. The zero-order chi connectivity index (χ0) is 17.2. The number of hydrogen-bond donors (Lipinski definition) is 0. The number of ether oxygens (including phenoxy) is 1. The van der Waals surface area contributed by atoms with Gasteiger partial charge in [0, 0.05) is 30.0 Å². The van der Waals surface area contributed by atoms with Crippen LogP contribution in [0.1, 0.15) is 49.9 Å². The van der Waals surface area contributed by atoms with Crippen molar-refractivity contribution in [2.45, 2.75) is 39.5 Å². The van der Waals surface area contributed by atoms with Crippen molar-refractivity contribution in [1.82, 2.24) is 9.88 Å². The maximum atomic E-state index is 12.7. The number of rotatable bonds is 9. The maximum Gasteiger partial charge on any atom is 0.310 e. The second kappa shape index (κ2) is 10.4. The fraction of sp³-hybridized carbons (Fsp3) is 0.588. The van der Waals surface area contributed by atoms with E-state index in [1.807, 2.05) is 0 Å². The van der Waals surface area contributed by atoms with E-state index in [0.29, 0.717) is 18.7 Å². The van der Waals surface area contributed by atoms with E-state index < -0.39 is 0 Å². The Kier molecular flexibility index (Phi) is 8.84. The molecule has 0 radical (unpaired) electrons. The summed E-state index contributed by atoms with van der Waals surface area (Å²) in [4.78, 5) is 30.1. The Bertz CT molecular complexity index is 522. The Morgan fingerprint density at radius 1 is 1.30 bits per heavy atom. The van der Waals surface area contributed by atoms with Gasteiger partial charge < -0.3 is 9.64 Å². The number of pyridine rings is 1. The lowest BCUT2D eigenvalue weighted by atomic mass is 10.1. The van der Waals surface area contributed by atoms with E-state index in [1.54, 1.807) is 30.3 Å². The predicted molar refractivity (Wildman–Crippen MR) is 93.2 cm³/mol. The van der Waals surface area contributed by atoms with Crippen LogP contribution in [0.5, 0.6) is 0 Å². The highest BCUT2D eigenvalue weighted by molar-refractivity contribution is 9.10. The van der Waals surface area contributed by atoms with Gasteiger partial charge in [-0.05, 0) is 28.4 Å². The molecule has 0 aliphatic carbocycles. The molecule has 5 nitrogen and oxygen atoms in total. The van der Waals surface area contributed by atoms with Crippen LogP contribution in [-0.2, 0) is 9.53 Å². The zero-order valence-corrected chi connectivity index (χ0v) is 15.6. The third-order valence-corrected chi connectivity index (χ3v) is 4.05. The number of hydrogen-bond acceptors (Lipinski definition) is 4. The van der Waals surface area contributed by atoms with Crippen molar-refractivity contribution in [3.63, 3.8) is 0 Å². The van der Waals surface area contributed by atoms with Crippen LogP contribution in [0.2, 0.25) is 0 Å². The van der Waals surface area contributed by atoms with Gasteiger partial charge in [0.1, 0.15) is 0 Å². The van der Waals surface area contributed by atoms with Crippen LogP contribution in [0.15, 0.2) is 22.9 Å². The monoisotopic (exact) mass is 384 g/mol. The molecule has 1 aromatic heterocycles. The van der Waals surface area contributed by atoms with Crippen molar-refractivity contribution >= 4 is 27.8 Å². The molecule has 0 spiro atoms. The fourth-order valence-corrected chi connectivity index (χ4v) is 2.69. The van der Waals surface area contributed by atoms with Gasteiger partial charge in [0.25, 0.3) is 5.91 Å². The first kappa shape index (κ1) is 19.6. The van der Waals surface area contributed by atoms with E-state index in [1.165, 1.54) is 7.11 Å². The number of amides is 1. The van der Waals surface area contributed by atoms with E-state index in [0.717, 1.165) is 30.2 Å². The summed E-state index contributed by atoms with van der Waals surface area (Å²) in [5.41, 5.74) is 0.520. The minimum Gasteiger partial charge on any atom is -0.469 e. The van der Waals surface area contributed by atoms with Crippen molar-refractivity contribution in [2.24, 2.45) is 5.92 Å². The lowest BCUT2D eigenvalue weighted by Gasteiger charge is -2.25. The number of unbranched alkanes of at least 4 members (excludes halogenated alkanes) is 3. The van der Waals surface area contributed by atoms with Gasteiger partial charge in [-0.1, -0.05) is 33.1 Å².